The van der Waals surface area contributed by atoms with Crippen LogP contribution in [-0.2, 0) is 9.09 Å². The molecule has 0 aliphatic carbocycles. The molecule has 5 nitrogen and oxygen atoms in total. The average Bonchev–Trinajstić information content (AvgIpc) is 2.69. The average molecular weight is 372 g/mol. The largest absolute Gasteiger partial charge is 0.497 e. The van der Waals surface area contributed by atoms with Crippen LogP contribution in [0.4, 0.5) is 5.69 Å². The Kier molecular flexibility index (Phi) is 5.70. The molecule has 3 rings (SSSR count). The molecule has 0 spiro atoms. The second-order valence-electron chi connectivity index (χ2n) is 5.94. The van der Waals surface area contributed by atoms with Crippen LogP contribution < -0.4 is 9.41 Å². The molecule has 0 unspecified atom stereocenters. The zero-order valence-corrected chi connectivity index (χ0v) is 16.4. The quantitative estimate of drug-likeness (QED) is 0.666. The first kappa shape index (κ1) is 18.6. The highest BCUT2D eigenvalue weighted by molar-refractivity contribution is 7.58. The molecule has 0 amide bonds. The lowest BCUT2D eigenvalue weighted by Crippen LogP contribution is -2.35. The van der Waals surface area contributed by atoms with Gasteiger partial charge in [0.2, 0.25) is 0 Å². The monoisotopic (exact) mass is 372 g/mol. The SMILES string of the molecule is CCN(CC)[P@@]1(=O)OC(c2ccccc2)=CCN1c1ccc(OC)cc1. The van der Waals surface area contributed by atoms with Gasteiger partial charge in [-0.2, -0.15) is 0 Å². The molecule has 1 aliphatic heterocycles. The van der Waals surface area contributed by atoms with Gasteiger partial charge < -0.3 is 9.26 Å². The highest BCUT2D eigenvalue weighted by atomic mass is 31.2. The highest BCUT2D eigenvalue weighted by Gasteiger charge is 2.42. The summed E-state index contributed by atoms with van der Waals surface area (Å²) < 4.78 is 29.2. The van der Waals surface area contributed by atoms with Gasteiger partial charge in [-0.3, -0.25) is 4.67 Å². The van der Waals surface area contributed by atoms with E-state index >= 15 is 0 Å². The van der Waals surface area contributed by atoms with Gasteiger partial charge in [0, 0.05) is 24.3 Å². The van der Waals surface area contributed by atoms with E-state index < -0.39 is 7.67 Å². The number of ether oxygens (including phenoxy) is 1. The molecule has 26 heavy (non-hydrogen) atoms. The van der Waals surface area contributed by atoms with Gasteiger partial charge >= 0.3 is 7.67 Å². The third-order valence-electron chi connectivity index (χ3n) is 4.49. The van der Waals surface area contributed by atoms with Crippen LogP contribution in [0.15, 0.2) is 60.7 Å². The van der Waals surface area contributed by atoms with Crippen molar-refractivity contribution in [3.8, 4) is 5.75 Å². The van der Waals surface area contributed by atoms with Gasteiger partial charge in [-0.25, -0.2) is 9.24 Å². The maximum atomic E-state index is 14.0. The van der Waals surface area contributed by atoms with E-state index in [9.17, 15) is 4.57 Å². The molecule has 0 saturated heterocycles. The minimum atomic E-state index is -3.24. The first-order chi connectivity index (χ1) is 12.6. The lowest BCUT2D eigenvalue weighted by atomic mass is 10.2. The number of methoxy groups -OCH3 is 1. The first-order valence-corrected chi connectivity index (χ1v) is 10.4. The third-order valence-corrected chi connectivity index (χ3v) is 7.21. The van der Waals surface area contributed by atoms with Crippen molar-refractivity contribution in [3.63, 3.8) is 0 Å². The molecular weight excluding hydrogens is 347 g/mol. The van der Waals surface area contributed by atoms with Gasteiger partial charge in [-0.15, -0.1) is 0 Å². The fraction of sp³-hybridized carbons (Fsp3) is 0.300. The second-order valence-corrected chi connectivity index (χ2v) is 8.15. The van der Waals surface area contributed by atoms with Crippen molar-refractivity contribution in [3.05, 3.63) is 66.2 Å². The Morgan fingerprint density at radius 1 is 1.08 bits per heavy atom. The summed E-state index contributed by atoms with van der Waals surface area (Å²) in [6.45, 7) is 5.80. The molecule has 0 radical (unpaired) electrons. The van der Waals surface area contributed by atoms with Gasteiger partial charge in [-0.1, -0.05) is 44.2 Å². The van der Waals surface area contributed by atoms with Crippen LogP contribution in [0.1, 0.15) is 19.4 Å². The summed E-state index contributed by atoms with van der Waals surface area (Å²) >= 11 is 0. The molecule has 2 aromatic rings. The van der Waals surface area contributed by atoms with E-state index in [0.717, 1.165) is 17.0 Å². The van der Waals surface area contributed by atoms with E-state index in [1.807, 2.05) is 83.9 Å². The molecule has 6 heteroatoms. The van der Waals surface area contributed by atoms with E-state index in [4.69, 9.17) is 9.26 Å². The van der Waals surface area contributed by atoms with E-state index in [0.29, 0.717) is 25.4 Å². The van der Waals surface area contributed by atoms with E-state index in [2.05, 4.69) is 0 Å². The van der Waals surface area contributed by atoms with Crippen LogP contribution in [0.2, 0.25) is 0 Å². The smallest absolute Gasteiger partial charge is 0.422 e. The summed E-state index contributed by atoms with van der Waals surface area (Å²) in [7, 11) is -1.61. The second kappa shape index (κ2) is 7.98. The molecule has 2 aromatic carbocycles. The van der Waals surface area contributed by atoms with Crippen molar-refractivity contribution in [2.75, 3.05) is 31.4 Å². The lowest BCUT2D eigenvalue weighted by molar-refractivity contribution is 0.349. The standard InChI is InChI=1S/C20H25N2O3P/c1-4-21(5-2)26(23)22(18-11-13-19(24-3)14-12-18)16-15-20(25-26)17-9-7-6-8-10-17/h6-15H,4-5,16H2,1-3H3/t26-/m1/s1. The molecule has 1 aliphatic rings. The summed E-state index contributed by atoms with van der Waals surface area (Å²) in [6.07, 6.45) is 1.99. The van der Waals surface area contributed by atoms with Crippen molar-refractivity contribution in [2.45, 2.75) is 13.8 Å². The first-order valence-electron chi connectivity index (χ1n) is 8.85. The molecule has 1 atom stereocenters. The van der Waals surface area contributed by atoms with Gasteiger partial charge in [0.25, 0.3) is 0 Å². The zero-order valence-electron chi connectivity index (χ0n) is 15.5. The van der Waals surface area contributed by atoms with Crippen molar-refractivity contribution in [1.29, 1.82) is 0 Å². The minimum absolute atomic E-state index is 0.518. The molecule has 0 bridgehead atoms. The molecule has 138 valence electrons. The van der Waals surface area contributed by atoms with Crippen LogP contribution in [0, 0.1) is 0 Å². The normalized spacial score (nSPS) is 19.8. The van der Waals surface area contributed by atoms with Crippen LogP contribution >= 0.6 is 7.67 Å². The van der Waals surface area contributed by atoms with Crippen molar-refractivity contribution < 1.29 is 13.8 Å². The Bertz CT molecular complexity index is 802. The van der Waals surface area contributed by atoms with Gasteiger partial charge in [0.15, 0.2) is 0 Å². The summed E-state index contributed by atoms with van der Waals surface area (Å²) in [5.74, 6) is 1.44. The lowest BCUT2D eigenvalue weighted by Gasteiger charge is -2.41. The van der Waals surface area contributed by atoms with E-state index in [1.165, 1.54) is 0 Å². The van der Waals surface area contributed by atoms with Crippen molar-refractivity contribution in [2.24, 2.45) is 0 Å². The zero-order chi connectivity index (χ0) is 18.6. The Morgan fingerprint density at radius 3 is 2.31 bits per heavy atom. The fourth-order valence-electron chi connectivity index (χ4n) is 3.06. The Hall–Kier alpha value is -2.23. The maximum Gasteiger partial charge on any atom is 0.422 e. The number of anilines is 1. The van der Waals surface area contributed by atoms with E-state index in [-0.39, 0.29) is 0 Å². The third kappa shape index (κ3) is 3.50. The van der Waals surface area contributed by atoms with Crippen LogP contribution in [0.5, 0.6) is 5.75 Å². The predicted molar refractivity (Wildman–Crippen MR) is 106 cm³/mol. The number of rotatable bonds is 6. The Morgan fingerprint density at radius 2 is 1.73 bits per heavy atom. The topological polar surface area (TPSA) is 42.0 Å². The van der Waals surface area contributed by atoms with Gasteiger partial charge in [0.05, 0.1) is 13.7 Å². The number of benzene rings is 2. The minimum Gasteiger partial charge on any atom is -0.497 e. The molecule has 1 heterocycles. The Balaban J connectivity index is 2.01. The summed E-state index contributed by atoms with van der Waals surface area (Å²) in [5, 5.41) is 0. The van der Waals surface area contributed by atoms with E-state index in [1.54, 1.807) is 7.11 Å². The van der Waals surface area contributed by atoms with Crippen LogP contribution in [0.25, 0.3) is 5.76 Å². The van der Waals surface area contributed by atoms with Crippen molar-refractivity contribution in [1.82, 2.24) is 4.67 Å². The maximum absolute atomic E-state index is 14.0. The van der Waals surface area contributed by atoms with Gasteiger partial charge in [0.1, 0.15) is 11.5 Å². The molecule has 0 saturated carbocycles. The summed E-state index contributed by atoms with van der Waals surface area (Å²) in [6, 6.07) is 17.4. The highest BCUT2D eigenvalue weighted by Crippen LogP contribution is 2.60. The predicted octanol–water partition coefficient (Wildman–Crippen LogP) is 5.02. The summed E-state index contributed by atoms with van der Waals surface area (Å²) in [5.41, 5.74) is 1.79. The number of hydrogen-bond acceptors (Lipinski definition) is 3. The molecule has 0 aromatic heterocycles. The molecule has 0 fully saturated rings. The number of nitrogens with zero attached hydrogens (tertiary/aromatic N) is 2. The van der Waals surface area contributed by atoms with Crippen LogP contribution in [0.3, 0.4) is 0 Å². The number of hydrogen-bond donors (Lipinski definition) is 0. The summed E-state index contributed by atoms with van der Waals surface area (Å²) in [4.78, 5) is 0. The Labute approximate surface area is 155 Å². The fourth-order valence-corrected chi connectivity index (χ4v) is 5.44. The van der Waals surface area contributed by atoms with Crippen LogP contribution in [-0.4, -0.2) is 31.4 Å². The van der Waals surface area contributed by atoms with Crippen molar-refractivity contribution >= 4 is 19.1 Å². The molecule has 0 N–H and O–H groups in total. The van der Waals surface area contributed by atoms with Gasteiger partial charge in [-0.05, 0) is 30.3 Å². The molecular formula is C20H25N2O3P.